The zero-order valence-corrected chi connectivity index (χ0v) is 26.3. The molecule has 4 aromatic rings. The van der Waals surface area contributed by atoms with Gasteiger partial charge in [0, 0.05) is 59.8 Å². The summed E-state index contributed by atoms with van der Waals surface area (Å²) in [6, 6.07) is 18.1. The van der Waals surface area contributed by atoms with E-state index in [-0.39, 0.29) is 18.9 Å². The average molecular weight is 633 g/mol. The van der Waals surface area contributed by atoms with Crippen molar-refractivity contribution in [1.29, 1.82) is 0 Å². The molecule has 45 heavy (non-hydrogen) atoms. The summed E-state index contributed by atoms with van der Waals surface area (Å²) in [4.78, 5) is 17.4. The highest BCUT2D eigenvalue weighted by atomic mass is 35.5. The summed E-state index contributed by atoms with van der Waals surface area (Å²) in [5, 5.41) is 27.5. The first-order valence-corrected chi connectivity index (χ1v) is 15.0. The molecular weight excluding hydrogens is 595 g/mol. The molecule has 0 atom stereocenters. The Hall–Kier alpha value is -4.12. The summed E-state index contributed by atoms with van der Waals surface area (Å²) in [6.07, 6.45) is 3.06. The van der Waals surface area contributed by atoms with E-state index in [9.17, 15) is 4.79 Å². The summed E-state index contributed by atoms with van der Waals surface area (Å²) in [5.41, 5.74) is 7.06. The van der Waals surface area contributed by atoms with Crippen LogP contribution in [0.4, 0.5) is 10.1 Å². The normalized spacial score (nSPS) is 11.5. The molecule has 0 aliphatic heterocycles. The number of aliphatic hydroxyl groups excluding tert-OH is 2. The Labute approximate surface area is 267 Å². The topological polar surface area (TPSA) is 116 Å². The van der Waals surface area contributed by atoms with Crippen LogP contribution in [0.2, 0.25) is 5.02 Å². The number of hydrogen-bond donors (Lipinski definition) is 5. The number of nitrogens with one attached hydrogen (secondary N) is 3. The Bertz CT molecular complexity index is 1680. The minimum Gasteiger partial charge on any atom is -0.496 e. The average Bonchev–Trinajstić information content (AvgIpc) is 3.04. The number of methoxy groups -OCH3 is 1. The molecule has 4 rings (SSSR count). The molecule has 1 amide bonds. The molecule has 8 nitrogen and oxygen atoms in total. The second-order valence-electron chi connectivity index (χ2n) is 10.4. The number of amides is 1. The number of halogens is 2. The van der Waals surface area contributed by atoms with Gasteiger partial charge in [0.05, 0.1) is 20.3 Å². The van der Waals surface area contributed by atoms with E-state index in [2.05, 4.69) is 20.9 Å². The van der Waals surface area contributed by atoms with Crippen LogP contribution in [0.3, 0.4) is 0 Å². The molecule has 5 N–H and O–H groups in total. The van der Waals surface area contributed by atoms with E-state index >= 15 is 4.39 Å². The van der Waals surface area contributed by atoms with Crippen molar-refractivity contribution in [3.63, 3.8) is 0 Å². The Balaban J connectivity index is 1.56. The van der Waals surface area contributed by atoms with Gasteiger partial charge >= 0.3 is 0 Å². The number of rotatable bonds is 14. The van der Waals surface area contributed by atoms with Crippen molar-refractivity contribution in [2.45, 2.75) is 26.9 Å². The summed E-state index contributed by atoms with van der Waals surface area (Å²) < 4.78 is 21.0. The molecule has 236 valence electrons. The second-order valence-corrected chi connectivity index (χ2v) is 10.8. The number of carbonyl (C=O) groups excluding carboxylic acids is 1. The summed E-state index contributed by atoms with van der Waals surface area (Å²) in [6.45, 7) is 5.71. The fourth-order valence-corrected chi connectivity index (χ4v) is 5.15. The number of hydrogen-bond acceptors (Lipinski definition) is 7. The van der Waals surface area contributed by atoms with Gasteiger partial charge in [-0.3, -0.25) is 9.78 Å². The SMILES string of the molecule is COc1cc(/C(F)=C/c2cccc(-c3cccc(NC(=O)c4cc(Cl)c(CNCCO)cn4)c3C)c2C)ccc1CNCCO. The fraction of sp³-hybridized carbons (Fsp3) is 0.257. The van der Waals surface area contributed by atoms with Gasteiger partial charge in [0.25, 0.3) is 5.91 Å². The van der Waals surface area contributed by atoms with Gasteiger partial charge in [0.1, 0.15) is 17.3 Å². The summed E-state index contributed by atoms with van der Waals surface area (Å²) in [7, 11) is 1.55. The molecule has 1 aromatic heterocycles. The van der Waals surface area contributed by atoms with Crippen molar-refractivity contribution >= 4 is 35.1 Å². The third-order valence-electron chi connectivity index (χ3n) is 7.46. The van der Waals surface area contributed by atoms with Gasteiger partial charge in [-0.2, -0.15) is 0 Å². The van der Waals surface area contributed by atoms with Crippen molar-refractivity contribution in [3.8, 4) is 16.9 Å². The lowest BCUT2D eigenvalue weighted by Crippen LogP contribution is -2.19. The minimum absolute atomic E-state index is 0.0113. The predicted octanol–water partition coefficient (Wildman–Crippen LogP) is 5.91. The molecule has 0 aliphatic carbocycles. The van der Waals surface area contributed by atoms with Gasteiger partial charge in [0.2, 0.25) is 0 Å². The van der Waals surface area contributed by atoms with Crippen molar-refractivity contribution < 1.29 is 24.1 Å². The predicted molar refractivity (Wildman–Crippen MR) is 178 cm³/mol. The van der Waals surface area contributed by atoms with E-state index in [0.29, 0.717) is 48.2 Å². The van der Waals surface area contributed by atoms with Gasteiger partial charge in [-0.1, -0.05) is 54.1 Å². The molecule has 10 heteroatoms. The third-order valence-corrected chi connectivity index (χ3v) is 7.82. The fourth-order valence-electron chi connectivity index (χ4n) is 4.93. The monoisotopic (exact) mass is 632 g/mol. The molecule has 0 spiro atoms. The lowest BCUT2D eigenvalue weighted by atomic mass is 9.92. The lowest BCUT2D eigenvalue weighted by Gasteiger charge is -2.16. The number of aliphatic hydroxyl groups is 2. The maximum atomic E-state index is 15.5. The van der Waals surface area contributed by atoms with Crippen LogP contribution in [0.15, 0.2) is 66.9 Å². The zero-order valence-electron chi connectivity index (χ0n) is 25.6. The molecule has 0 saturated heterocycles. The van der Waals surface area contributed by atoms with Gasteiger partial charge in [0.15, 0.2) is 0 Å². The molecule has 0 bridgehead atoms. The number of aromatic nitrogens is 1. The van der Waals surface area contributed by atoms with Crippen LogP contribution in [0, 0.1) is 13.8 Å². The highest BCUT2D eigenvalue weighted by molar-refractivity contribution is 6.31. The molecular formula is C35H38ClFN4O4. The van der Waals surface area contributed by atoms with Gasteiger partial charge < -0.3 is 30.9 Å². The van der Waals surface area contributed by atoms with Crippen LogP contribution in [-0.4, -0.2) is 54.5 Å². The minimum atomic E-state index is -0.400. The van der Waals surface area contributed by atoms with E-state index < -0.39 is 11.7 Å². The molecule has 0 unspecified atom stereocenters. The van der Waals surface area contributed by atoms with E-state index in [1.165, 1.54) is 12.1 Å². The molecule has 0 saturated carbocycles. The van der Waals surface area contributed by atoms with Crippen LogP contribution < -0.4 is 20.7 Å². The van der Waals surface area contributed by atoms with E-state index in [4.69, 9.17) is 26.6 Å². The lowest BCUT2D eigenvalue weighted by molar-refractivity contribution is 0.102. The number of benzene rings is 3. The van der Waals surface area contributed by atoms with E-state index in [1.807, 2.05) is 56.3 Å². The van der Waals surface area contributed by atoms with Crippen molar-refractivity contribution in [1.82, 2.24) is 15.6 Å². The van der Waals surface area contributed by atoms with Crippen LogP contribution in [-0.2, 0) is 13.1 Å². The molecule has 0 fully saturated rings. The number of anilines is 1. The maximum Gasteiger partial charge on any atom is 0.274 e. The molecule has 3 aromatic carbocycles. The number of carbonyl (C=O) groups is 1. The second kappa shape index (κ2) is 16.3. The molecule has 1 heterocycles. The van der Waals surface area contributed by atoms with E-state index in [1.54, 1.807) is 25.4 Å². The highest BCUT2D eigenvalue weighted by Crippen LogP contribution is 2.34. The third kappa shape index (κ3) is 8.54. The smallest absolute Gasteiger partial charge is 0.274 e. The number of nitrogens with zero attached hydrogens (tertiary/aromatic N) is 1. The van der Waals surface area contributed by atoms with Gasteiger partial charge in [-0.05, 0) is 65.9 Å². The first kappa shape index (κ1) is 33.8. The Morgan fingerprint density at radius 3 is 2.27 bits per heavy atom. The Kier molecular flexibility index (Phi) is 12.2. The highest BCUT2D eigenvalue weighted by Gasteiger charge is 2.16. The van der Waals surface area contributed by atoms with Crippen LogP contribution in [0.25, 0.3) is 23.0 Å². The van der Waals surface area contributed by atoms with Gasteiger partial charge in [-0.25, -0.2) is 4.39 Å². The first-order valence-electron chi connectivity index (χ1n) is 14.6. The molecule has 0 radical (unpaired) electrons. The molecule has 0 aliphatic rings. The summed E-state index contributed by atoms with van der Waals surface area (Å²) in [5.74, 6) is -0.236. The van der Waals surface area contributed by atoms with Crippen molar-refractivity contribution in [3.05, 3.63) is 111 Å². The van der Waals surface area contributed by atoms with Crippen molar-refractivity contribution in [2.75, 3.05) is 38.7 Å². The Morgan fingerprint density at radius 2 is 1.60 bits per heavy atom. The standard InChI is InChI=1S/C35H38ClFN4O4/c1-22-24(16-31(37)25-10-11-26(19-38-12-14-42)34(17-25)45-3)6-4-7-28(22)29-8-5-9-32(23(29)2)41-35(44)33-18-30(36)27(21-40-33)20-39-13-15-43/h4-11,16-18,21,38-39,42-43H,12-15,19-20H2,1-3H3,(H,41,44)/b31-16-. The van der Waals surface area contributed by atoms with Crippen LogP contribution >= 0.6 is 11.6 Å². The Morgan fingerprint density at radius 1 is 0.933 bits per heavy atom. The van der Waals surface area contributed by atoms with E-state index in [0.717, 1.165) is 38.9 Å². The van der Waals surface area contributed by atoms with Gasteiger partial charge in [-0.15, -0.1) is 0 Å². The quantitative estimate of drug-likeness (QED) is 0.0867. The van der Waals surface area contributed by atoms with Crippen LogP contribution in [0.1, 0.15) is 43.9 Å². The van der Waals surface area contributed by atoms with Crippen LogP contribution in [0.5, 0.6) is 5.75 Å². The van der Waals surface area contributed by atoms with Crippen molar-refractivity contribution in [2.24, 2.45) is 0 Å². The summed E-state index contributed by atoms with van der Waals surface area (Å²) >= 11 is 6.37. The first-order chi connectivity index (χ1) is 21.8. The number of ether oxygens (including phenoxy) is 1. The maximum absolute atomic E-state index is 15.5. The number of pyridine rings is 1. The largest absolute Gasteiger partial charge is 0.496 e. The zero-order chi connectivity index (χ0) is 32.3.